The van der Waals surface area contributed by atoms with Gasteiger partial charge >= 0.3 is 5.97 Å². The fourth-order valence-corrected chi connectivity index (χ4v) is 4.70. The molecule has 0 atom stereocenters. The molecule has 2 aromatic heterocycles. The minimum Gasteiger partial charge on any atom is -0.465 e. The van der Waals surface area contributed by atoms with Crippen LogP contribution in [0.2, 0.25) is 0 Å². The topological polar surface area (TPSA) is 80.2 Å². The number of rotatable bonds is 4. The lowest BCUT2D eigenvalue weighted by molar-refractivity contribution is -0.131. The van der Waals surface area contributed by atoms with Gasteiger partial charge < -0.3 is 14.6 Å². The van der Waals surface area contributed by atoms with Crippen molar-refractivity contribution in [2.75, 3.05) is 13.7 Å². The Morgan fingerprint density at radius 2 is 1.91 bits per heavy atom. The van der Waals surface area contributed by atoms with Crippen LogP contribution in [0.4, 0.5) is 4.39 Å². The number of H-pyrrole nitrogens is 1. The number of ether oxygens (including phenoxy) is 1. The van der Waals surface area contributed by atoms with Gasteiger partial charge in [-0.2, -0.15) is 5.10 Å². The van der Waals surface area contributed by atoms with Crippen LogP contribution in [0.25, 0.3) is 16.6 Å². The first-order valence-corrected chi connectivity index (χ1v) is 11.2. The molecule has 1 N–H and O–H groups in total. The molecule has 0 bridgehead atoms. The molecule has 0 spiro atoms. The van der Waals surface area contributed by atoms with Crippen LogP contribution in [0.5, 0.6) is 0 Å². The van der Waals surface area contributed by atoms with Crippen LogP contribution >= 0.6 is 0 Å². The van der Waals surface area contributed by atoms with Gasteiger partial charge in [-0.15, -0.1) is 0 Å². The SMILES string of the molecule is COC(=O)c1ccc2[nH]c3c(c2c1)CN(C(=O)Cc1c(C)nn(-c2ccc(F)cc2)c1C)CC3. The average Bonchev–Trinajstić information content (AvgIpc) is 3.35. The predicted molar refractivity (Wildman–Crippen MR) is 125 cm³/mol. The van der Waals surface area contributed by atoms with Gasteiger partial charge in [0, 0.05) is 52.9 Å². The lowest BCUT2D eigenvalue weighted by Gasteiger charge is -2.27. The van der Waals surface area contributed by atoms with Crippen LogP contribution in [0, 0.1) is 19.7 Å². The number of hydrogen-bond donors (Lipinski definition) is 1. The molecular weight excluding hydrogens is 435 g/mol. The van der Waals surface area contributed by atoms with Crippen molar-refractivity contribution in [3.8, 4) is 5.69 Å². The van der Waals surface area contributed by atoms with E-state index in [0.717, 1.165) is 51.2 Å². The molecule has 8 heteroatoms. The number of aromatic amines is 1. The molecule has 0 saturated heterocycles. The quantitative estimate of drug-likeness (QED) is 0.467. The van der Waals surface area contributed by atoms with Crippen molar-refractivity contribution in [3.63, 3.8) is 0 Å². The van der Waals surface area contributed by atoms with Crippen LogP contribution in [-0.4, -0.2) is 45.2 Å². The Kier molecular flexibility index (Phi) is 5.43. The van der Waals surface area contributed by atoms with Crippen LogP contribution < -0.4 is 0 Å². The Balaban J connectivity index is 1.39. The minimum atomic E-state index is -0.385. The summed E-state index contributed by atoms with van der Waals surface area (Å²) in [5, 5.41) is 5.52. The average molecular weight is 461 g/mol. The standard InChI is InChI=1S/C26H25FN4O3/c1-15-20(16(2)31(29-15)19-7-5-18(27)6-8-19)13-25(32)30-11-10-24-22(14-30)21-12-17(26(33)34-3)4-9-23(21)28-24/h4-9,12,28H,10-11,13-14H2,1-3H3. The zero-order valence-electron chi connectivity index (χ0n) is 19.3. The van der Waals surface area contributed by atoms with Gasteiger partial charge in [0.1, 0.15) is 5.82 Å². The van der Waals surface area contributed by atoms with E-state index < -0.39 is 0 Å². The third kappa shape index (κ3) is 3.75. The Labute approximate surface area is 196 Å². The van der Waals surface area contributed by atoms with Crippen molar-refractivity contribution in [1.29, 1.82) is 0 Å². The van der Waals surface area contributed by atoms with Crippen LogP contribution in [0.3, 0.4) is 0 Å². The zero-order valence-corrected chi connectivity index (χ0v) is 19.3. The Bertz CT molecular complexity index is 1420. The highest BCUT2D eigenvalue weighted by Crippen LogP contribution is 2.29. The number of aryl methyl sites for hydroxylation is 1. The first-order valence-electron chi connectivity index (χ1n) is 11.2. The molecule has 34 heavy (non-hydrogen) atoms. The lowest BCUT2D eigenvalue weighted by Crippen LogP contribution is -2.36. The van der Waals surface area contributed by atoms with Crippen LogP contribution in [-0.2, 0) is 28.9 Å². The first kappa shape index (κ1) is 21.9. The summed E-state index contributed by atoms with van der Waals surface area (Å²) in [6.07, 6.45) is 0.958. The molecule has 174 valence electrons. The molecule has 1 aliphatic rings. The number of benzene rings is 2. The molecule has 0 radical (unpaired) electrons. The molecule has 2 aromatic carbocycles. The van der Waals surface area contributed by atoms with Crippen LogP contribution in [0.15, 0.2) is 42.5 Å². The van der Waals surface area contributed by atoms with Crippen molar-refractivity contribution in [2.45, 2.75) is 33.2 Å². The predicted octanol–water partition coefficient (Wildman–Crippen LogP) is 4.02. The van der Waals surface area contributed by atoms with Gasteiger partial charge in [-0.05, 0) is 56.3 Å². The van der Waals surface area contributed by atoms with Gasteiger partial charge in [0.2, 0.25) is 5.91 Å². The van der Waals surface area contributed by atoms with E-state index in [-0.39, 0.29) is 24.1 Å². The summed E-state index contributed by atoms with van der Waals surface area (Å²) in [7, 11) is 1.36. The number of esters is 1. The zero-order chi connectivity index (χ0) is 24.0. The van der Waals surface area contributed by atoms with Gasteiger partial charge in [-0.25, -0.2) is 13.9 Å². The molecular formula is C26H25FN4O3. The maximum atomic E-state index is 13.3. The Hall–Kier alpha value is -3.94. The van der Waals surface area contributed by atoms with Crippen molar-refractivity contribution >= 4 is 22.8 Å². The number of carbonyl (C=O) groups is 2. The number of methoxy groups -OCH3 is 1. The second kappa shape index (κ2) is 8.44. The maximum Gasteiger partial charge on any atom is 0.337 e. The normalized spacial score (nSPS) is 13.2. The second-order valence-corrected chi connectivity index (χ2v) is 8.61. The van der Waals surface area contributed by atoms with E-state index in [1.807, 2.05) is 30.9 Å². The van der Waals surface area contributed by atoms with E-state index in [0.29, 0.717) is 18.7 Å². The summed E-state index contributed by atoms with van der Waals surface area (Å²) in [4.78, 5) is 30.6. The fraction of sp³-hybridized carbons (Fsp3) is 0.269. The molecule has 0 fully saturated rings. The van der Waals surface area contributed by atoms with Crippen molar-refractivity contribution in [1.82, 2.24) is 19.7 Å². The van der Waals surface area contributed by atoms with Gasteiger partial charge in [-0.3, -0.25) is 4.79 Å². The molecule has 1 amide bonds. The summed E-state index contributed by atoms with van der Waals surface area (Å²) in [6.45, 7) is 4.90. The monoisotopic (exact) mass is 460 g/mol. The molecule has 0 saturated carbocycles. The lowest BCUT2D eigenvalue weighted by atomic mass is 10.0. The summed E-state index contributed by atoms with van der Waals surface area (Å²) in [5.41, 5.74) is 6.84. The smallest absolute Gasteiger partial charge is 0.337 e. The fourth-order valence-electron chi connectivity index (χ4n) is 4.70. The highest BCUT2D eigenvalue weighted by Gasteiger charge is 2.26. The van der Waals surface area contributed by atoms with Crippen LogP contribution in [0.1, 0.15) is 38.6 Å². The third-order valence-corrected chi connectivity index (χ3v) is 6.59. The first-order chi connectivity index (χ1) is 16.4. The van der Waals surface area contributed by atoms with Crippen molar-refractivity contribution in [3.05, 3.63) is 82.1 Å². The number of amides is 1. The number of hydrogen-bond acceptors (Lipinski definition) is 4. The molecule has 0 aliphatic carbocycles. The molecule has 0 unspecified atom stereocenters. The van der Waals surface area contributed by atoms with E-state index in [9.17, 15) is 14.0 Å². The highest BCUT2D eigenvalue weighted by atomic mass is 19.1. The number of fused-ring (bicyclic) bond motifs is 3. The van der Waals surface area contributed by atoms with Gasteiger partial charge in [0.15, 0.2) is 0 Å². The van der Waals surface area contributed by atoms with Crippen molar-refractivity contribution in [2.24, 2.45) is 0 Å². The van der Waals surface area contributed by atoms with E-state index in [1.165, 1.54) is 19.2 Å². The van der Waals surface area contributed by atoms with E-state index in [2.05, 4.69) is 10.1 Å². The maximum absolute atomic E-state index is 13.3. The number of nitrogens with zero attached hydrogens (tertiary/aromatic N) is 3. The summed E-state index contributed by atoms with van der Waals surface area (Å²) in [6, 6.07) is 11.6. The highest BCUT2D eigenvalue weighted by molar-refractivity contribution is 5.96. The van der Waals surface area contributed by atoms with E-state index in [1.54, 1.807) is 22.9 Å². The molecule has 3 heterocycles. The largest absolute Gasteiger partial charge is 0.465 e. The summed E-state index contributed by atoms with van der Waals surface area (Å²) < 4.78 is 19.9. The summed E-state index contributed by atoms with van der Waals surface area (Å²) >= 11 is 0. The number of nitrogens with one attached hydrogen (secondary N) is 1. The third-order valence-electron chi connectivity index (χ3n) is 6.59. The second-order valence-electron chi connectivity index (χ2n) is 8.61. The molecule has 7 nitrogen and oxygen atoms in total. The molecule has 5 rings (SSSR count). The summed E-state index contributed by atoms with van der Waals surface area (Å²) in [5.74, 6) is -0.667. The minimum absolute atomic E-state index is 0.0222. The number of carbonyl (C=O) groups excluding carboxylic acids is 2. The van der Waals surface area contributed by atoms with E-state index >= 15 is 0 Å². The Morgan fingerprint density at radius 3 is 2.65 bits per heavy atom. The molecule has 1 aliphatic heterocycles. The van der Waals surface area contributed by atoms with E-state index in [4.69, 9.17) is 4.74 Å². The number of aromatic nitrogens is 3. The van der Waals surface area contributed by atoms with Gasteiger partial charge in [0.25, 0.3) is 0 Å². The molecule has 4 aromatic rings. The van der Waals surface area contributed by atoms with Crippen molar-refractivity contribution < 1.29 is 18.7 Å². The Morgan fingerprint density at radius 1 is 1.15 bits per heavy atom. The van der Waals surface area contributed by atoms with Gasteiger partial charge in [0.05, 0.1) is 30.5 Å². The number of halogens is 1. The van der Waals surface area contributed by atoms with Gasteiger partial charge in [-0.1, -0.05) is 0 Å².